The summed E-state index contributed by atoms with van der Waals surface area (Å²) < 4.78 is 22.7. The zero-order chi connectivity index (χ0) is 30.4. The third kappa shape index (κ3) is 16.2. The van der Waals surface area contributed by atoms with Gasteiger partial charge in [-0.1, -0.05) is 80.1 Å². The Bertz CT molecular complexity index is 686. The highest BCUT2D eigenvalue weighted by Gasteiger charge is 2.49. The Kier molecular flexibility index (Phi) is 21.4. The number of hydrogen-bond donors (Lipinski definition) is 0. The zero-order valence-electron chi connectivity index (χ0n) is 26.5. The number of esters is 4. The quantitative estimate of drug-likeness (QED) is 0.0658. The average molecular weight is 571 g/mol. The van der Waals surface area contributed by atoms with Gasteiger partial charge in [0, 0.05) is 6.92 Å². The van der Waals surface area contributed by atoms with Crippen LogP contribution in [0.1, 0.15) is 158 Å². The summed E-state index contributed by atoms with van der Waals surface area (Å²) in [6.07, 6.45) is 10.4. The fourth-order valence-electron chi connectivity index (χ4n) is 4.68. The van der Waals surface area contributed by atoms with Crippen LogP contribution in [0, 0.1) is 0 Å². The summed E-state index contributed by atoms with van der Waals surface area (Å²) in [5.41, 5.74) is -2.15. The van der Waals surface area contributed by atoms with Gasteiger partial charge in [0.1, 0.15) is 18.3 Å². The monoisotopic (exact) mass is 570 g/mol. The molecule has 0 aromatic carbocycles. The van der Waals surface area contributed by atoms with E-state index in [9.17, 15) is 19.2 Å². The Hall–Kier alpha value is -2.12. The number of rotatable bonds is 24. The molecule has 0 aromatic heterocycles. The highest BCUT2D eigenvalue weighted by atomic mass is 16.6. The fraction of sp³-hybridized carbons (Fsp3) is 0.875. The molecule has 0 fully saturated rings. The molecule has 8 heteroatoms. The van der Waals surface area contributed by atoms with E-state index in [2.05, 4.69) is 20.8 Å². The minimum atomic E-state index is -2.15. The third-order valence-electron chi connectivity index (χ3n) is 7.20. The van der Waals surface area contributed by atoms with Crippen molar-refractivity contribution in [1.82, 2.24) is 0 Å². The molecule has 3 atom stereocenters. The van der Waals surface area contributed by atoms with E-state index in [0.29, 0.717) is 38.5 Å². The van der Waals surface area contributed by atoms with E-state index < -0.39 is 48.4 Å². The normalized spacial score (nSPS) is 13.7. The molecule has 0 aromatic rings. The Morgan fingerprint density at radius 2 is 0.900 bits per heavy atom. The largest absolute Gasteiger partial charge is 0.462 e. The first kappa shape index (κ1) is 37.9. The van der Waals surface area contributed by atoms with Gasteiger partial charge in [-0.25, -0.2) is 4.79 Å². The van der Waals surface area contributed by atoms with E-state index >= 15 is 0 Å². The summed E-state index contributed by atoms with van der Waals surface area (Å²) in [6, 6.07) is 0. The van der Waals surface area contributed by atoms with E-state index in [-0.39, 0.29) is 12.2 Å². The first-order valence-electron chi connectivity index (χ1n) is 15.9. The minimum Gasteiger partial charge on any atom is -0.462 e. The minimum absolute atomic E-state index is 0.322. The van der Waals surface area contributed by atoms with Crippen molar-refractivity contribution in [2.24, 2.45) is 0 Å². The van der Waals surface area contributed by atoms with Crippen LogP contribution in [0.25, 0.3) is 0 Å². The smallest absolute Gasteiger partial charge is 0.352 e. The van der Waals surface area contributed by atoms with Gasteiger partial charge in [-0.3, -0.25) is 14.4 Å². The van der Waals surface area contributed by atoms with Crippen LogP contribution in [0.5, 0.6) is 0 Å². The fourth-order valence-corrected chi connectivity index (χ4v) is 4.68. The van der Waals surface area contributed by atoms with Crippen molar-refractivity contribution in [2.75, 3.05) is 0 Å². The van der Waals surface area contributed by atoms with Crippen molar-refractivity contribution in [3.05, 3.63) is 0 Å². The van der Waals surface area contributed by atoms with Crippen molar-refractivity contribution in [3.63, 3.8) is 0 Å². The Balaban J connectivity index is 6.01. The van der Waals surface area contributed by atoms with Crippen LogP contribution in [-0.2, 0) is 38.1 Å². The number of hydrogen-bond acceptors (Lipinski definition) is 8. The predicted molar refractivity (Wildman–Crippen MR) is 157 cm³/mol. The van der Waals surface area contributed by atoms with Gasteiger partial charge in [0.15, 0.2) is 0 Å². The van der Waals surface area contributed by atoms with E-state index in [1.165, 1.54) is 0 Å². The molecule has 0 aliphatic heterocycles. The van der Waals surface area contributed by atoms with Gasteiger partial charge in [0.05, 0.1) is 12.8 Å². The maximum Gasteiger partial charge on any atom is 0.352 e. The highest BCUT2D eigenvalue weighted by Crippen LogP contribution is 2.29. The van der Waals surface area contributed by atoms with Crippen LogP contribution in [0.4, 0.5) is 0 Å². The zero-order valence-corrected chi connectivity index (χ0v) is 26.5. The second-order valence-electron chi connectivity index (χ2n) is 10.9. The summed E-state index contributed by atoms with van der Waals surface area (Å²) in [5, 5.41) is 0. The molecule has 0 aliphatic rings. The molecule has 0 amide bonds. The molecule has 0 aliphatic carbocycles. The first-order chi connectivity index (χ1) is 19.1. The topological polar surface area (TPSA) is 105 Å². The van der Waals surface area contributed by atoms with Gasteiger partial charge in [0.2, 0.25) is 5.60 Å². The molecule has 234 valence electrons. The van der Waals surface area contributed by atoms with Gasteiger partial charge in [-0.15, -0.1) is 0 Å². The molecule has 0 saturated heterocycles. The first-order valence-corrected chi connectivity index (χ1v) is 15.9. The molecule has 0 N–H and O–H groups in total. The SMILES string of the molecule is CCCCC[C@H](CC)OC(=O)CC(CC(=O)O[C@@H](CC)CCCCC)(OC(C)=O)C(=O)O[C@@H](CC)CCCCC. The molecule has 8 nitrogen and oxygen atoms in total. The number of ether oxygens (including phenoxy) is 4. The number of unbranched alkanes of at least 4 members (excludes halogenated alkanes) is 6. The highest BCUT2D eigenvalue weighted by molar-refractivity contribution is 5.92. The van der Waals surface area contributed by atoms with Crippen molar-refractivity contribution < 1.29 is 38.1 Å². The summed E-state index contributed by atoms with van der Waals surface area (Å²) >= 11 is 0. The summed E-state index contributed by atoms with van der Waals surface area (Å²) in [7, 11) is 0. The lowest BCUT2D eigenvalue weighted by Gasteiger charge is -2.32. The van der Waals surface area contributed by atoms with Crippen LogP contribution in [0.2, 0.25) is 0 Å². The van der Waals surface area contributed by atoms with Crippen LogP contribution in [0.3, 0.4) is 0 Å². The Morgan fingerprint density at radius 1 is 0.550 bits per heavy atom. The lowest BCUT2D eigenvalue weighted by molar-refractivity contribution is -0.195. The average Bonchev–Trinajstić information content (AvgIpc) is 2.90. The van der Waals surface area contributed by atoms with Gasteiger partial charge in [-0.2, -0.15) is 0 Å². The predicted octanol–water partition coefficient (Wildman–Crippen LogP) is 7.77. The van der Waals surface area contributed by atoms with E-state index in [1.807, 2.05) is 20.8 Å². The van der Waals surface area contributed by atoms with Crippen molar-refractivity contribution in [2.45, 2.75) is 182 Å². The summed E-state index contributed by atoms with van der Waals surface area (Å²) in [4.78, 5) is 52.3. The van der Waals surface area contributed by atoms with Gasteiger partial charge >= 0.3 is 23.9 Å². The van der Waals surface area contributed by atoms with E-state index in [4.69, 9.17) is 18.9 Å². The molecule has 0 radical (unpaired) electrons. The maximum absolute atomic E-state index is 13.7. The second kappa shape index (κ2) is 22.6. The van der Waals surface area contributed by atoms with Crippen LogP contribution in [0.15, 0.2) is 0 Å². The Morgan fingerprint density at radius 3 is 1.20 bits per heavy atom. The summed E-state index contributed by atoms with van der Waals surface area (Å²) in [5.74, 6) is -3.11. The number of carbonyl (C=O) groups excluding carboxylic acids is 4. The van der Waals surface area contributed by atoms with Crippen molar-refractivity contribution in [1.29, 1.82) is 0 Å². The second-order valence-corrected chi connectivity index (χ2v) is 10.9. The molecule has 0 rings (SSSR count). The molecule has 40 heavy (non-hydrogen) atoms. The van der Waals surface area contributed by atoms with Crippen LogP contribution >= 0.6 is 0 Å². The molecule has 0 saturated carbocycles. The van der Waals surface area contributed by atoms with Gasteiger partial charge < -0.3 is 18.9 Å². The lowest BCUT2D eigenvalue weighted by Crippen LogP contribution is -2.49. The number of carbonyl (C=O) groups is 4. The molecule has 0 heterocycles. The van der Waals surface area contributed by atoms with Crippen LogP contribution < -0.4 is 0 Å². The van der Waals surface area contributed by atoms with Crippen molar-refractivity contribution >= 4 is 23.9 Å². The lowest BCUT2D eigenvalue weighted by atomic mass is 9.94. The molecule has 0 spiro atoms. The standard InChI is InChI=1S/C32H58O8/c1-8-14-17-20-26(11-4)37-29(34)23-32(40-25(7)33,31(36)39-28(13-6)22-19-16-10-3)24-30(35)38-27(12-5)21-18-15-9-2/h26-28H,8-24H2,1-7H3/t26-,27-,28-/m0/s1. The van der Waals surface area contributed by atoms with Gasteiger partial charge in [0.25, 0.3) is 0 Å². The molecule has 0 bridgehead atoms. The maximum atomic E-state index is 13.7. The molecular weight excluding hydrogens is 512 g/mol. The summed E-state index contributed by atoms with van der Waals surface area (Å²) in [6.45, 7) is 13.2. The third-order valence-corrected chi connectivity index (χ3v) is 7.20. The molecular formula is C32H58O8. The van der Waals surface area contributed by atoms with Crippen molar-refractivity contribution in [3.8, 4) is 0 Å². The van der Waals surface area contributed by atoms with E-state index in [0.717, 1.165) is 64.7 Å². The van der Waals surface area contributed by atoms with Crippen LogP contribution in [-0.4, -0.2) is 47.8 Å². The molecule has 0 unspecified atom stereocenters. The van der Waals surface area contributed by atoms with E-state index in [1.54, 1.807) is 0 Å². The Labute approximate surface area is 243 Å². The van der Waals surface area contributed by atoms with Gasteiger partial charge in [-0.05, 0) is 57.8 Å².